The van der Waals surface area contributed by atoms with Crippen LogP contribution in [0.4, 0.5) is 5.69 Å². The van der Waals surface area contributed by atoms with Gasteiger partial charge in [0.05, 0.1) is 0 Å². The minimum absolute atomic E-state index is 0.253. The lowest BCUT2D eigenvalue weighted by Crippen LogP contribution is -2.41. The van der Waals surface area contributed by atoms with Crippen LogP contribution in [0.25, 0.3) is 0 Å². The Labute approximate surface area is 153 Å². The zero-order valence-electron chi connectivity index (χ0n) is 15.4. The molecule has 1 aliphatic carbocycles. The van der Waals surface area contributed by atoms with Crippen molar-refractivity contribution < 1.29 is 0 Å². The van der Waals surface area contributed by atoms with Crippen LogP contribution in [0.3, 0.4) is 0 Å². The largest absolute Gasteiger partial charge is 0.376 e. The maximum atomic E-state index is 5.96. The smallest absolute Gasteiger partial charge is 0.171 e. The first-order chi connectivity index (χ1) is 11.5. The van der Waals surface area contributed by atoms with Crippen molar-refractivity contribution in [3.05, 3.63) is 29.8 Å². The monoisotopic (exact) mass is 347 g/mol. The molecule has 0 aliphatic heterocycles. The van der Waals surface area contributed by atoms with E-state index < -0.39 is 0 Å². The average Bonchev–Trinajstić information content (AvgIpc) is 2.54. The van der Waals surface area contributed by atoms with Crippen LogP contribution < -0.4 is 16.0 Å². The number of nitrogens with one attached hydrogen (secondary N) is 1. The Morgan fingerprint density at radius 3 is 2.50 bits per heavy atom. The van der Waals surface area contributed by atoms with E-state index >= 15 is 0 Å². The first kappa shape index (κ1) is 19.2. The van der Waals surface area contributed by atoms with E-state index in [2.05, 4.69) is 50.4 Å². The van der Waals surface area contributed by atoms with Gasteiger partial charge in [0, 0.05) is 24.3 Å². The highest BCUT2D eigenvalue weighted by Crippen LogP contribution is 2.28. The quantitative estimate of drug-likeness (QED) is 0.708. The molecule has 0 spiro atoms. The van der Waals surface area contributed by atoms with Crippen molar-refractivity contribution in [1.29, 1.82) is 0 Å². The van der Waals surface area contributed by atoms with Gasteiger partial charge in [0.1, 0.15) is 0 Å². The summed E-state index contributed by atoms with van der Waals surface area (Å²) in [5.74, 6) is 0.903. The Balaban J connectivity index is 1.98. The standard InChI is InChI=1S/C20H33N3S/c1-15(2)23(20(21)24)19-12-8-7-11-18(19)14-22-16(3)13-17-9-5-4-6-10-17/h7-8,11-12,15-17,22H,4-6,9-10,13-14H2,1-3H3,(H2,21,24)/t16-/m0/s1. The fourth-order valence-corrected chi connectivity index (χ4v) is 4.15. The Morgan fingerprint density at radius 2 is 1.88 bits per heavy atom. The molecule has 1 aromatic rings. The zero-order valence-corrected chi connectivity index (χ0v) is 16.2. The number of hydrogen-bond acceptors (Lipinski definition) is 2. The first-order valence-corrected chi connectivity index (χ1v) is 9.79. The lowest BCUT2D eigenvalue weighted by Gasteiger charge is -2.30. The van der Waals surface area contributed by atoms with Gasteiger partial charge in [-0.2, -0.15) is 0 Å². The van der Waals surface area contributed by atoms with Gasteiger partial charge in [-0.15, -0.1) is 0 Å². The van der Waals surface area contributed by atoms with Crippen molar-refractivity contribution in [3.8, 4) is 0 Å². The number of thiocarbonyl (C=S) groups is 1. The fraction of sp³-hybridized carbons (Fsp3) is 0.650. The van der Waals surface area contributed by atoms with Crippen LogP contribution in [0.5, 0.6) is 0 Å². The molecule has 4 heteroatoms. The summed E-state index contributed by atoms with van der Waals surface area (Å²) in [6.07, 6.45) is 8.35. The van der Waals surface area contributed by atoms with Gasteiger partial charge in [-0.05, 0) is 57.0 Å². The van der Waals surface area contributed by atoms with E-state index in [1.807, 2.05) is 4.90 Å². The van der Waals surface area contributed by atoms with Crippen LogP contribution in [0.15, 0.2) is 24.3 Å². The molecule has 1 fully saturated rings. The lowest BCUT2D eigenvalue weighted by atomic mass is 9.85. The number of hydrogen-bond donors (Lipinski definition) is 2. The van der Waals surface area contributed by atoms with Crippen LogP contribution in [0.1, 0.15) is 64.9 Å². The second-order valence-corrected chi connectivity index (χ2v) is 7.87. The van der Waals surface area contributed by atoms with Gasteiger partial charge in [-0.25, -0.2) is 0 Å². The normalized spacial score (nSPS) is 17.0. The number of benzene rings is 1. The summed E-state index contributed by atoms with van der Waals surface area (Å²) in [7, 11) is 0. The Morgan fingerprint density at radius 1 is 1.21 bits per heavy atom. The van der Waals surface area contributed by atoms with Crippen molar-refractivity contribution in [1.82, 2.24) is 5.32 Å². The highest BCUT2D eigenvalue weighted by molar-refractivity contribution is 7.80. The third-order valence-corrected chi connectivity index (χ3v) is 5.25. The minimum atomic E-state index is 0.253. The molecule has 134 valence electrons. The fourth-order valence-electron chi connectivity index (χ4n) is 3.84. The summed E-state index contributed by atoms with van der Waals surface area (Å²) < 4.78 is 0. The van der Waals surface area contributed by atoms with E-state index in [1.165, 1.54) is 44.1 Å². The van der Waals surface area contributed by atoms with Crippen molar-refractivity contribution in [2.45, 2.75) is 77.9 Å². The van der Waals surface area contributed by atoms with Gasteiger partial charge in [0.15, 0.2) is 5.11 Å². The maximum Gasteiger partial charge on any atom is 0.171 e. The lowest BCUT2D eigenvalue weighted by molar-refractivity contribution is 0.304. The summed E-state index contributed by atoms with van der Waals surface area (Å²) in [4.78, 5) is 2.04. The predicted molar refractivity (Wildman–Crippen MR) is 108 cm³/mol. The third-order valence-electron chi connectivity index (χ3n) is 5.06. The van der Waals surface area contributed by atoms with Crippen LogP contribution in [0, 0.1) is 5.92 Å². The van der Waals surface area contributed by atoms with Crippen LogP contribution >= 0.6 is 12.2 Å². The predicted octanol–water partition coefficient (Wildman–Crippen LogP) is 4.59. The molecule has 1 aromatic carbocycles. The van der Waals surface area contributed by atoms with Gasteiger partial charge in [-0.3, -0.25) is 0 Å². The summed E-state index contributed by atoms with van der Waals surface area (Å²) in [6, 6.07) is 9.22. The molecule has 0 unspecified atom stereocenters. The van der Waals surface area contributed by atoms with Gasteiger partial charge in [0.2, 0.25) is 0 Å². The Hall–Kier alpha value is -1.13. The van der Waals surface area contributed by atoms with Gasteiger partial charge in [-0.1, -0.05) is 50.3 Å². The second-order valence-electron chi connectivity index (χ2n) is 7.45. The topological polar surface area (TPSA) is 41.3 Å². The molecule has 0 heterocycles. The number of para-hydroxylation sites is 1. The molecule has 0 saturated heterocycles. The number of rotatable bonds is 7. The van der Waals surface area contributed by atoms with Gasteiger partial charge >= 0.3 is 0 Å². The second kappa shape index (κ2) is 9.38. The van der Waals surface area contributed by atoms with E-state index in [-0.39, 0.29) is 6.04 Å². The number of nitrogens with two attached hydrogens (primary N) is 1. The van der Waals surface area contributed by atoms with Gasteiger partial charge in [0.25, 0.3) is 0 Å². The number of anilines is 1. The van der Waals surface area contributed by atoms with Gasteiger partial charge < -0.3 is 16.0 Å². The van der Waals surface area contributed by atoms with Crippen molar-refractivity contribution in [2.24, 2.45) is 11.7 Å². The summed E-state index contributed by atoms with van der Waals surface area (Å²) >= 11 is 5.26. The number of nitrogens with zero attached hydrogens (tertiary/aromatic N) is 1. The molecular weight excluding hydrogens is 314 g/mol. The maximum absolute atomic E-state index is 5.96. The van der Waals surface area contributed by atoms with Crippen molar-refractivity contribution >= 4 is 23.0 Å². The first-order valence-electron chi connectivity index (χ1n) is 9.39. The van der Waals surface area contributed by atoms with E-state index in [4.69, 9.17) is 18.0 Å². The highest BCUT2D eigenvalue weighted by Gasteiger charge is 2.18. The summed E-state index contributed by atoms with van der Waals surface area (Å²) in [6.45, 7) is 7.41. The Kier molecular flexibility index (Phi) is 7.50. The van der Waals surface area contributed by atoms with E-state index in [1.54, 1.807) is 0 Å². The summed E-state index contributed by atoms with van der Waals surface area (Å²) in [5.41, 5.74) is 8.34. The molecule has 0 bridgehead atoms. The van der Waals surface area contributed by atoms with E-state index in [0.717, 1.165) is 18.2 Å². The molecule has 1 saturated carbocycles. The molecule has 0 amide bonds. The molecule has 3 nitrogen and oxygen atoms in total. The zero-order chi connectivity index (χ0) is 17.5. The third kappa shape index (κ3) is 5.45. The van der Waals surface area contributed by atoms with Crippen molar-refractivity contribution in [2.75, 3.05) is 4.90 Å². The molecule has 24 heavy (non-hydrogen) atoms. The van der Waals surface area contributed by atoms with Crippen LogP contribution in [-0.2, 0) is 6.54 Å². The van der Waals surface area contributed by atoms with E-state index in [0.29, 0.717) is 11.2 Å². The SMILES string of the molecule is CC(C)N(C(N)=S)c1ccccc1CN[C@@H](C)CC1CCCCC1. The minimum Gasteiger partial charge on any atom is -0.376 e. The molecule has 2 rings (SSSR count). The average molecular weight is 348 g/mol. The Bertz CT molecular complexity index is 523. The highest BCUT2D eigenvalue weighted by atomic mass is 32.1. The molecule has 3 N–H and O–H groups in total. The molecule has 1 atom stereocenters. The van der Waals surface area contributed by atoms with E-state index in [9.17, 15) is 0 Å². The molecule has 0 aromatic heterocycles. The summed E-state index contributed by atoms with van der Waals surface area (Å²) in [5, 5.41) is 4.15. The van der Waals surface area contributed by atoms with Crippen molar-refractivity contribution in [3.63, 3.8) is 0 Å². The molecule has 0 radical (unpaired) electrons. The van der Waals surface area contributed by atoms with Crippen LogP contribution in [-0.4, -0.2) is 17.2 Å². The molecule has 1 aliphatic rings. The molecular formula is C20H33N3S. The van der Waals surface area contributed by atoms with Crippen LogP contribution in [0.2, 0.25) is 0 Å².